The fourth-order valence-electron chi connectivity index (χ4n) is 0.494. The Kier molecular flexibility index (Phi) is 7.61. The minimum atomic E-state index is -0.838. The Morgan fingerprint density at radius 3 is 1.78 bits per heavy atom. The minimum absolute atomic E-state index is 0. The van der Waals surface area contributed by atoms with Crippen LogP contribution in [-0.2, 0) is 17.1 Å². The van der Waals surface area contributed by atoms with Gasteiger partial charge in [-0.05, 0) is 13.8 Å². The summed E-state index contributed by atoms with van der Waals surface area (Å²) in [5.41, 5.74) is 0. The van der Waals surface area contributed by atoms with Crippen molar-refractivity contribution in [2.45, 2.75) is 13.8 Å². The van der Waals surface area contributed by atoms with Crippen molar-refractivity contribution in [1.29, 1.82) is 0 Å². The quantitative estimate of drug-likeness (QED) is 0.645. The van der Waals surface area contributed by atoms with Gasteiger partial charge >= 0.3 is 6.09 Å². The van der Waals surface area contributed by atoms with Gasteiger partial charge in [0.05, 0.1) is 0 Å². The van der Waals surface area contributed by atoms with E-state index in [2.05, 4.69) is 0 Å². The Labute approximate surface area is 65.5 Å². The van der Waals surface area contributed by atoms with Gasteiger partial charge in [0.15, 0.2) is 0 Å². The zero-order chi connectivity index (χ0) is 6.57. The van der Waals surface area contributed by atoms with E-state index in [0.717, 1.165) is 0 Å². The van der Waals surface area contributed by atoms with E-state index < -0.39 is 6.09 Å². The SMILES string of the molecule is CCN(CC)C(=O)O.[Cu]. The Balaban J connectivity index is 0. The molecule has 1 N–H and O–H groups in total. The van der Waals surface area contributed by atoms with Gasteiger partial charge in [0.1, 0.15) is 0 Å². The van der Waals surface area contributed by atoms with Crippen molar-refractivity contribution in [3.05, 3.63) is 0 Å². The largest absolute Gasteiger partial charge is 0.465 e. The van der Waals surface area contributed by atoms with Crippen molar-refractivity contribution in [1.82, 2.24) is 4.90 Å². The van der Waals surface area contributed by atoms with Gasteiger partial charge in [-0.25, -0.2) is 4.79 Å². The molecule has 0 atom stereocenters. The summed E-state index contributed by atoms with van der Waals surface area (Å²) in [4.78, 5) is 11.4. The summed E-state index contributed by atoms with van der Waals surface area (Å²) in [6.07, 6.45) is -0.838. The van der Waals surface area contributed by atoms with Gasteiger partial charge < -0.3 is 10.0 Å². The van der Waals surface area contributed by atoms with Gasteiger partial charge in [0.25, 0.3) is 0 Å². The van der Waals surface area contributed by atoms with E-state index in [-0.39, 0.29) is 17.1 Å². The van der Waals surface area contributed by atoms with Crippen molar-refractivity contribution in [2.75, 3.05) is 13.1 Å². The van der Waals surface area contributed by atoms with E-state index in [9.17, 15) is 4.79 Å². The number of carbonyl (C=O) groups is 1. The fraction of sp³-hybridized carbons (Fsp3) is 0.800. The number of amides is 1. The van der Waals surface area contributed by atoms with Crippen molar-refractivity contribution >= 4 is 6.09 Å². The average molecular weight is 181 g/mol. The Morgan fingerprint density at radius 2 is 1.78 bits per heavy atom. The van der Waals surface area contributed by atoms with Crippen LogP contribution < -0.4 is 0 Å². The third kappa shape index (κ3) is 4.30. The Morgan fingerprint density at radius 1 is 1.44 bits per heavy atom. The number of hydrogen-bond acceptors (Lipinski definition) is 1. The van der Waals surface area contributed by atoms with E-state index in [1.165, 1.54) is 4.90 Å². The van der Waals surface area contributed by atoms with Crippen LogP contribution in [0, 0.1) is 0 Å². The van der Waals surface area contributed by atoms with Crippen molar-refractivity contribution in [3.63, 3.8) is 0 Å². The van der Waals surface area contributed by atoms with E-state index in [1.54, 1.807) is 0 Å². The zero-order valence-corrected chi connectivity index (χ0v) is 6.46. The van der Waals surface area contributed by atoms with Gasteiger partial charge in [0, 0.05) is 30.2 Å². The smallest absolute Gasteiger partial charge is 0.407 e. The second-order valence-electron chi connectivity index (χ2n) is 1.45. The molecule has 0 aromatic heterocycles. The molecular weight excluding hydrogens is 170 g/mol. The molecular formula is C5H11CuNO2. The summed E-state index contributed by atoms with van der Waals surface area (Å²) in [7, 11) is 0. The second kappa shape index (κ2) is 5.92. The maximum Gasteiger partial charge on any atom is 0.407 e. The molecule has 0 fully saturated rings. The first-order valence-electron chi connectivity index (χ1n) is 2.70. The van der Waals surface area contributed by atoms with Crippen LogP contribution in [0.15, 0.2) is 0 Å². The summed E-state index contributed by atoms with van der Waals surface area (Å²) >= 11 is 0. The molecule has 0 rings (SSSR count). The molecule has 1 amide bonds. The Bertz CT molecular complexity index is 83.0. The third-order valence-electron chi connectivity index (χ3n) is 1.03. The van der Waals surface area contributed by atoms with Crippen LogP contribution in [0.1, 0.15) is 13.8 Å². The van der Waals surface area contributed by atoms with Crippen molar-refractivity contribution in [3.8, 4) is 0 Å². The topological polar surface area (TPSA) is 40.5 Å². The molecule has 0 aliphatic heterocycles. The molecule has 4 heteroatoms. The van der Waals surface area contributed by atoms with Crippen LogP contribution in [0.3, 0.4) is 0 Å². The summed E-state index contributed by atoms with van der Waals surface area (Å²) in [6.45, 7) is 4.78. The van der Waals surface area contributed by atoms with Crippen LogP contribution in [0.4, 0.5) is 4.79 Å². The molecule has 0 heterocycles. The predicted molar refractivity (Wildman–Crippen MR) is 30.9 cm³/mol. The monoisotopic (exact) mass is 180 g/mol. The second-order valence-corrected chi connectivity index (χ2v) is 1.45. The van der Waals surface area contributed by atoms with Crippen LogP contribution in [0.2, 0.25) is 0 Å². The normalized spacial score (nSPS) is 7.78. The molecule has 0 spiro atoms. The van der Waals surface area contributed by atoms with Crippen LogP contribution >= 0.6 is 0 Å². The van der Waals surface area contributed by atoms with E-state index >= 15 is 0 Å². The maximum absolute atomic E-state index is 10.1. The van der Waals surface area contributed by atoms with E-state index in [4.69, 9.17) is 5.11 Å². The summed E-state index contributed by atoms with van der Waals surface area (Å²) in [5.74, 6) is 0. The molecule has 3 nitrogen and oxygen atoms in total. The van der Waals surface area contributed by atoms with E-state index in [1.807, 2.05) is 13.8 Å². The molecule has 0 unspecified atom stereocenters. The third-order valence-corrected chi connectivity index (χ3v) is 1.03. The van der Waals surface area contributed by atoms with Gasteiger partial charge in [-0.1, -0.05) is 0 Å². The average Bonchev–Trinajstić information content (AvgIpc) is 1.69. The van der Waals surface area contributed by atoms with Gasteiger partial charge in [-0.2, -0.15) is 0 Å². The zero-order valence-electron chi connectivity index (χ0n) is 5.52. The molecule has 0 saturated carbocycles. The standard InChI is InChI=1S/C5H11NO2.Cu/c1-3-6(4-2)5(7)8;/h3-4H2,1-2H3,(H,7,8);. The molecule has 0 aliphatic carbocycles. The van der Waals surface area contributed by atoms with Crippen molar-refractivity contribution < 1.29 is 27.0 Å². The van der Waals surface area contributed by atoms with Crippen molar-refractivity contribution in [2.24, 2.45) is 0 Å². The first-order chi connectivity index (χ1) is 3.72. The first kappa shape index (κ1) is 11.6. The number of nitrogens with zero attached hydrogens (tertiary/aromatic N) is 1. The van der Waals surface area contributed by atoms with Crippen LogP contribution in [0.5, 0.6) is 0 Å². The molecule has 0 aromatic rings. The molecule has 9 heavy (non-hydrogen) atoms. The fourth-order valence-corrected chi connectivity index (χ4v) is 0.494. The Hall–Kier alpha value is -0.211. The number of carboxylic acid groups (broad SMARTS) is 1. The number of rotatable bonds is 2. The van der Waals surface area contributed by atoms with Gasteiger partial charge in [-0.15, -0.1) is 0 Å². The van der Waals surface area contributed by atoms with Crippen LogP contribution in [0.25, 0.3) is 0 Å². The van der Waals surface area contributed by atoms with Gasteiger partial charge in [0.2, 0.25) is 0 Å². The summed E-state index contributed by atoms with van der Waals surface area (Å²) < 4.78 is 0. The minimum Gasteiger partial charge on any atom is -0.465 e. The number of hydrogen-bond donors (Lipinski definition) is 1. The predicted octanol–water partition coefficient (Wildman–Crippen LogP) is 1.00. The molecule has 0 aliphatic rings. The van der Waals surface area contributed by atoms with Gasteiger partial charge in [-0.3, -0.25) is 0 Å². The maximum atomic E-state index is 10.1. The van der Waals surface area contributed by atoms with E-state index in [0.29, 0.717) is 13.1 Å². The summed E-state index contributed by atoms with van der Waals surface area (Å²) in [5, 5.41) is 8.30. The first-order valence-corrected chi connectivity index (χ1v) is 2.70. The molecule has 59 valence electrons. The summed E-state index contributed by atoms with van der Waals surface area (Å²) in [6, 6.07) is 0. The molecule has 0 saturated heterocycles. The molecule has 1 radical (unpaired) electrons. The molecule has 0 aromatic carbocycles. The van der Waals surface area contributed by atoms with Crippen LogP contribution in [-0.4, -0.2) is 29.2 Å². The molecule has 0 bridgehead atoms.